The van der Waals surface area contributed by atoms with Gasteiger partial charge in [-0.05, 0) is 50.3 Å². The third kappa shape index (κ3) is 8.28. The number of aromatic nitrogens is 1. The molecule has 36 heavy (non-hydrogen) atoms. The fourth-order valence-corrected chi connectivity index (χ4v) is 4.35. The molecule has 0 aliphatic carbocycles. The minimum absolute atomic E-state index is 0.0567. The SMILES string of the molecule is [C-]#[N+]c1c(N(C)C)nc(SCc2ccc(CCC(=O)CNC(=O)OC(C)(C)C)cc2)c(C#N)c1CC. The van der Waals surface area contributed by atoms with Crippen LogP contribution in [0.5, 0.6) is 0 Å². The highest BCUT2D eigenvalue weighted by Gasteiger charge is 2.20. The number of carbonyl (C=O) groups excluding carboxylic acids is 2. The molecule has 1 aromatic carbocycles. The number of aryl methyl sites for hydroxylation is 1. The van der Waals surface area contributed by atoms with Gasteiger partial charge in [0.15, 0.2) is 5.78 Å². The molecule has 2 rings (SSSR count). The zero-order valence-electron chi connectivity index (χ0n) is 21.8. The highest BCUT2D eigenvalue weighted by molar-refractivity contribution is 7.98. The lowest BCUT2D eigenvalue weighted by Gasteiger charge is -2.19. The largest absolute Gasteiger partial charge is 0.444 e. The van der Waals surface area contributed by atoms with Crippen LogP contribution in [0.1, 0.15) is 56.4 Å². The Bertz CT molecular complexity index is 1170. The number of carbonyl (C=O) groups is 2. The summed E-state index contributed by atoms with van der Waals surface area (Å²) in [4.78, 5) is 33.9. The molecule has 1 amide bonds. The first-order valence-corrected chi connectivity index (χ1v) is 12.7. The van der Waals surface area contributed by atoms with E-state index in [-0.39, 0.29) is 12.3 Å². The minimum atomic E-state index is -0.604. The Morgan fingerprint density at radius 3 is 2.39 bits per heavy atom. The second kappa shape index (κ2) is 12.9. The predicted molar refractivity (Wildman–Crippen MR) is 142 cm³/mol. The van der Waals surface area contributed by atoms with Gasteiger partial charge in [-0.1, -0.05) is 31.2 Å². The second-order valence-electron chi connectivity index (χ2n) is 9.41. The normalized spacial score (nSPS) is 10.8. The number of anilines is 1. The van der Waals surface area contributed by atoms with Crippen LogP contribution in [0.4, 0.5) is 16.3 Å². The summed E-state index contributed by atoms with van der Waals surface area (Å²) in [6, 6.07) is 10.2. The molecule has 0 aliphatic rings. The summed E-state index contributed by atoms with van der Waals surface area (Å²) in [5, 5.41) is 12.9. The van der Waals surface area contributed by atoms with Crippen LogP contribution in [-0.2, 0) is 28.1 Å². The lowest BCUT2D eigenvalue weighted by molar-refractivity contribution is -0.118. The van der Waals surface area contributed by atoms with Crippen LogP contribution >= 0.6 is 11.8 Å². The van der Waals surface area contributed by atoms with Crippen molar-refractivity contribution >= 4 is 35.1 Å². The molecule has 1 N–H and O–H groups in total. The third-order valence-electron chi connectivity index (χ3n) is 5.14. The Balaban J connectivity index is 1.98. The first-order valence-electron chi connectivity index (χ1n) is 11.7. The van der Waals surface area contributed by atoms with Crippen molar-refractivity contribution < 1.29 is 14.3 Å². The van der Waals surface area contributed by atoms with Crippen molar-refractivity contribution in [3.8, 4) is 6.07 Å². The molecule has 9 heteroatoms. The van der Waals surface area contributed by atoms with Gasteiger partial charge in [0, 0.05) is 26.3 Å². The lowest BCUT2D eigenvalue weighted by Crippen LogP contribution is -2.35. The van der Waals surface area contributed by atoms with E-state index >= 15 is 0 Å². The highest BCUT2D eigenvalue weighted by atomic mass is 32.2. The number of thioether (sulfide) groups is 1. The Morgan fingerprint density at radius 2 is 1.86 bits per heavy atom. The topological polar surface area (TPSA) is 99.7 Å². The van der Waals surface area contributed by atoms with Crippen LogP contribution in [0.2, 0.25) is 0 Å². The van der Waals surface area contributed by atoms with Gasteiger partial charge in [-0.25, -0.2) is 14.6 Å². The Hall–Kier alpha value is -3.56. The van der Waals surface area contributed by atoms with Crippen molar-refractivity contribution in [2.45, 2.75) is 63.3 Å². The number of hydrogen-bond acceptors (Lipinski definition) is 7. The molecule has 1 heterocycles. The minimum Gasteiger partial charge on any atom is -0.444 e. The van der Waals surface area contributed by atoms with Crippen LogP contribution in [0, 0.1) is 17.9 Å². The van der Waals surface area contributed by atoms with Gasteiger partial charge >= 0.3 is 6.09 Å². The van der Waals surface area contributed by atoms with E-state index in [9.17, 15) is 14.9 Å². The van der Waals surface area contributed by atoms with Gasteiger partial charge in [-0.2, -0.15) is 5.26 Å². The number of nitrogens with one attached hydrogen (secondary N) is 1. The fraction of sp³-hybridized carbons (Fsp3) is 0.444. The van der Waals surface area contributed by atoms with Gasteiger partial charge in [0.05, 0.1) is 18.7 Å². The molecule has 0 bridgehead atoms. The van der Waals surface area contributed by atoms with Crippen molar-refractivity contribution in [2.24, 2.45) is 0 Å². The molecule has 8 nitrogen and oxygen atoms in total. The van der Waals surface area contributed by atoms with Crippen LogP contribution in [-0.4, -0.2) is 43.1 Å². The van der Waals surface area contributed by atoms with Gasteiger partial charge in [-0.15, -0.1) is 11.8 Å². The second-order valence-corrected chi connectivity index (χ2v) is 10.4. The predicted octanol–water partition coefficient (Wildman–Crippen LogP) is 5.45. The van der Waals surface area contributed by atoms with Crippen LogP contribution < -0.4 is 10.2 Å². The number of benzene rings is 1. The maximum absolute atomic E-state index is 12.1. The average molecular weight is 508 g/mol. The number of alkyl carbamates (subject to hydrolysis) is 1. The summed E-state index contributed by atoms with van der Waals surface area (Å²) in [7, 11) is 3.68. The van der Waals surface area contributed by atoms with Gasteiger partial charge < -0.3 is 15.0 Å². The number of ether oxygens (including phenoxy) is 1. The molecule has 2 aromatic rings. The molecular weight excluding hydrogens is 474 g/mol. The van der Waals surface area contributed by atoms with Crippen molar-refractivity contribution in [1.29, 1.82) is 5.26 Å². The summed E-state index contributed by atoms with van der Waals surface area (Å²) >= 11 is 1.47. The van der Waals surface area contributed by atoms with Crippen molar-refractivity contribution in [3.05, 3.63) is 57.9 Å². The zero-order valence-corrected chi connectivity index (χ0v) is 22.6. The van der Waals surface area contributed by atoms with Crippen LogP contribution in [0.3, 0.4) is 0 Å². The summed E-state index contributed by atoms with van der Waals surface area (Å²) in [5.41, 5.74) is 3.11. The number of ketones is 1. The van der Waals surface area contributed by atoms with Crippen molar-refractivity contribution in [2.75, 3.05) is 25.5 Å². The van der Waals surface area contributed by atoms with E-state index in [1.807, 2.05) is 45.3 Å². The molecule has 0 radical (unpaired) electrons. The number of amides is 1. The monoisotopic (exact) mass is 507 g/mol. The number of Topliss-reactive ketones (excluding diaryl/α,β-unsaturated/α-hetero) is 1. The smallest absolute Gasteiger partial charge is 0.408 e. The first-order chi connectivity index (χ1) is 17.0. The number of pyridine rings is 1. The Labute approximate surface area is 217 Å². The van der Waals surface area contributed by atoms with Gasteiger partial charge in [0.2, 0.25) is 5.69 Å². The molecule has 1 aromatic heterocycles. The molecule has 0 saturated carbocycles. The highest BCUT2D eigenvalue weighted by Crippen LogP contribution is 2.38. The molecule has 0 saturated heterocycles. The quantitative estimate of drug-likeness (QED) is 0.337. The van der Waals surface area contributed by atoms with Gasteiger partial charge in [0.25, 0.3) is 0 Å². The van der Waals surface area contributed by atoms with E-state index < -0.39 is 11.7 Å². The average Bonchev–Trinajstić information content (AvgIpc) is 2.83. The van der Waals surface area contributed by atoms with Gasteiger partial charge in [0.1, 0.15) is 22.5 Å². The Kier molecular flexibility index (Phi) is 10.3. The molecule has 0 unspecified atom stereocenters. The van der Waals surface area contributed by atoms with Crippen molar-refractivity contribution in [3.63, 3.8) is 0 Å². The fourth-order valence-electron chi connectivity index (χ4n) is 3.39. The first kappa shape index (κ1) is 28.7. The van der Waals surface area contributed by atoms with E-state index in [2.05, 4.69) is 21.2 Å². The molecule has 0 fully saturated rings. The van der Waals surface area contributed by atoms with E-state index in [4.69, 9.17) is 11.3 Å². The summed E-state index contributed by atoms with van der Waals surface area (Å²) in [5.74, 6) is 1.13. The molecule has 0 spiro atoms. The summed E-state index contributed by atoms with van der Waals surface area (Å²) in [6.45, 7) is 14.7. The molecule has 0 atom stereocenters. The summed E-state index contributed by atoms with van der Waals surface area (Å²) in [6.07, 6.45) is 0.879. The Morgan fingerprint density at radius 1 is 1.22 bits per heavy atom. The number of nitrogens with zero attached hydrogens (tertiary/aromatic N) is 4. The maximum Gasteiger partial charge on any atom is 0.408 e. The molecule has 0 aliphatic heterocycles. The zero-order chi connectivity index (χ0) is 26.9. The van der Waals surface area contributed by atoms with E-state index in [0.29, 0.717) is 47.1 Å². The number of rotatable bonds is 10. The van der Waals surface area contributed by atoms with Crippen molar-refractivity contribution in [1.82, 2.24) is 10.3 Å². The lowest BCUT2D eigenvalue weighted by atomic mass is 10.1. The van der Waals surface area contributed by atoms with E-state index in [0.717, 1.165) is 16.7 Å². The van der Waals surface area contributed by atoms with Gasteiger partial charge in [-0.3, -0.25) is 4.79 Å². The third-order valence-corrected chi connectivity index (χ3v) is 6.19. The number of hydrogen-bond donors (Lipinski definition) is 1. The molecule has 190 valence electrons. The summed E-state index contributed by atoms with van der Waals surface area (Å²) < 4.78 is 5.13. The van der Waals surface area contributed by atoms with Crippen LogP contribution in [0.15, 0.2) is 29.3 Å². The standard InChI is InChI=1S/C27H33N5O3S/c1-8-21-22(15-28)25(31-24(32(6)7)23(21)29-5)36-17-19-11-9-18(10-12-19)13-14-20(33)16-30-26(34)35-27(2,3)4/h9-12H,8,13-14,16-17H2,1-4,6-7H3,(H,30,34). The van der Waals surface area contributed by atoms with Crippen LogP contribution in [0.25, 0.3) is 4.85 Å². The van der Waals surface area contributed by atoms with E-state index in [1.54, 1.807) is 25.7 Å². The van der Waals surface area contributed by atoms with E-state index in [1.165, 1.54) is 11.8 Å². The molecular formula is C27H33N5O3S. The number of nitriles is 1. The maximum atomic E-state index is 12.1.